The molecule has 1 heterocycles. The molecule has 26 heavy (non-hydrogen) atoms. The minimum Gasteiger partial charge on any atom is -0.490 e. The minimum atomic E-state index is -0.397. The molecule has 9 heteroatoms. The number of anilines is 1. The molecule has 136 valence electrons. The van der Waals surface area contributed by atoms with Crippen LogP contribution in [0, 0.1) is 9.39 Å². The van der Waals surface area contributed by atoms with Gasteiger partial charge in [-0.15, -0.1) is 5.10 Å². The normalized spacial score (nSPS) is 10.8. The van der Waals surface area contributed by atoms with Crippen LogP contribution >= 0.6 is 34.2 Å². The Labute approximate surface area is 167 Å². The summed E-state index contributed by atoms with van der Waals surface area (Å²) in [5.74, 6) is 0.953. The monoisotopic (exact) mass is 489 g/mol. The SMILES string of the molecule is CCOc1cc(-c2nnc(N)o2)cc(I)c1OCc1ccc(F)cc1Cl. The lowest BCUT2D eigenvalue weighted by Crippen LogP contribution is -2.02. The molecular formula is C17H14ClFIN3O3. The Bertz CT molecular complexity index is 936. The molecule has 3 aromatic rings. The molecule has 0 amide bonds. The lowest BCUT2D eigenvalue weighted by Gasteiger charge is -2.15. The van der Waals surface area contributed by atoms with Gasteiger partial charge in [0, 0.05) is 11.1 Å². The van der Waals surface area contributed by atoms with E-state index in [0.717, 1.165) is 3.57 Å². The third-order valence-electron chi connectivity index (χ3n) is 3.38. The standard InChI is InChI=1S/C17H14ClFIN3O3/c1-2-24-14-6-10(16-22-23-17(21)26-16)5-13(20)15(14)25-8-9-3-4-11(19)7-12(9)18/h3-7H,2,8H2,1H3,(H2,21,23). The van der Waals surface area contributed by atoms with E-state index in [0.29, 0.717) is 34.3 Å². The minimum absolute atomic E-state index is 0.0146. The van der Waals surface area contributed by atoms with E-state index in [2.05, 4.69) is 32.8 Å². The van der Waals surface area contributed by atoms with Crippen LogP contribution in [-0.2, 0) is 6.61 Å². The number of hydrogen-bond acceptors (Lipinski definition) is 6. The van der Waals surface area contributed by atoms with Crippen molar-refractivity contribution in [2.45, 2.75) is 13.5 Å². The van der Waals surface area contributed by atoms with Crippen LogP contribution in [-0.4, -0.2) is 16.8 Å². The quantitative estimate of drug-likeness (QED) is 0.506. The van der Waals surface area contributed by atoms with Crippen molar-refractivity contribution in [3.8, 4) is 23.0 Å². The van der Waals surface area contributed by atoms with Crippen LogP contribution in [0.1, 0.15) is 12.5 Å². The van der Waals surface area contributed by atoms with Crippen LogP contribution in [0.15, 0.2) is 34.7 Å². The van der Waals surface area contributed by atoms with Gasteiger partial charge in [0.05, 0.1) is 15.2 Å². The molecule has 0 fully saturated rings. The fourth-order valence-corrected chi connectivity index (χ4v) is 3.21. The second-order valence-corrected chi connectivity index (χ2v) is 6.76. The Morgan fingerprint density at radius 1 is 1.23 bits per heavy atom. The summed E-state index contributed by atoms with van der Waals surface area (Å²) < 4.78 is 30.8. The molecular weight excluding hydrogens is 476 g/mol. The van der Waals surface area contributed by atoms with Gasteiger partial charge < -0.3 is 19.6 Å². The van der Waals surface area contributed by atoms with Crippen molar-refractivity contribution in [3.05, 3.63) is 50.3 Å². The van der Waals surface area contributed by atoms with E-state index in [9.17, 15) is 4.39 Å². The first kappa shape index (κ1) is 18.7. The third-order valence-corrected chi connectivity index (χ3v) is 4.54. The number of aromatic nitrogens is 2. The molecule has 0 aliphatic rings. The summed E-state index contributed by atoms with van der Waals surface area (Å²) in [5, 5.41) is 7.83. The zero-order valence-electron chi connectivity index (χ0n) is 13.6. The number of nitrogens with zero attached hydrogens (tertiary/aromatic N) is 2. The molecule has 0 aliphatic heterocycles. The van der Waals surface area contributed by atoms with Gasteiger partial charge in [-0.2, -0.15) is 0 Å². The van der Waals surface area contributed by atoms with Gasteiger partial charge in [-0.1, -0.05) is 22.8 Å². The van der Waals surface area contributed by atoms with Gasteiger partial charge in [-0.3, -0.25) is 0 Å². The first-order valence-electron chi connectivity index (χ1n) is 7.60. The zero-order valence-corrected chi connectivity index (χ0v) is 16.5. The highest BCUT2D eigenvalue weighted by Crippen LogP contribution is 2.38. The summed E-state index contributed by atoms with van der Waals surface area (Å²) in [4.78, 5) is 0. The highest BCUT2D eigenvalue weighted by molar-refractivity contribution is 14.1. The maximum atomic E-state index is 13.2. The Morgan fingerprint density at radius 3 is 2.69 bits per heavy atom. The average molecular weight is 490 g/mol. The van der Waals surface area contributed by atoms with E-state index in [4.69, 9.17) is 31.2 Å². The van der Waals surface area contributed by atoms with E-state index >= 15 is 0 Å². The first-order valence-corrected chi connectivity index (χ1v) is 9.06. The van der Waals surface area contributed by atoms with Crippen LogP contribution < -0.4 is 15.2 Å². The number of ether oxygens (including phenoxy) is 2. The highest BCUT2D eigenvalue weighted by Gasteiger charge is 2.17. The number of nitrogen functional groups attached to an aromatic ring is 1. The molecule has 6 nitrogen and oxygen atoms in total. The summed E-state index contributed by atoms with van der Waals surface area (Å²) in [6.07, 6.45) is 0. The fraction of sp³-hybridized carbons (Fsp3) is 0.176. The summed E-state index contributed by atoms with van der Waals surface area (Å²) in [7, 11) is 0. The number of rotatable bonds is 6. The van der Waals surface area contributed by atoms with Crippen molar-refractivity contribution < 1.29 is 18.3 Å². The molecule has 0 spiro atoms. The molecule has 1 aromatic heterocycles. The van der Waals surface area contributed by atoms with Gasteiger partial charge in [-0.25, -0.2) is 4.39 Å². The van der Waals surface area contributed by atoms with Gasteiger partial charge in [-0.05, 0) is 53.8 Å². The highest BCUT2D eigenvalue weighted by atomic mass is 127. The van der Waals surface area contributed by atoms with Gasteiger partial charge >= 0.3 is 6.01 Å². The molecule has 0 unspecified atom stereocenters. The summed E-state index contributed by atoms with van der Waals surface area (Å²) >= 11 is 8.17. The number of benzene rings is 2. The Morgan fingerprint density at radius 2 is 2.04 bits per heavy atom. The lowest BCUT2D eigenvalue weighted by molar-refractivity contribution is 0.267. The third kappa shape index (κ3) is 4.18. The maximum absolute atomic E-state index is 13.2. The van der Waals surface area contributed by atoms with Crippen molar-refractivity contribution in [1.82, 2.24) is 10.2 Å². The molecule has 0 aliphatic carbocycles. The van der Waals surface area contributed by atoms with E-state index in [1.165, 1.54) is 12.1 Å². The van der Waals surface area contributed by atoms with Gasteiger partial charge in [0.25, 0.3) is 0 Å². The van der Waals surface area contributed by atoms with E-state index in [-0.39, 0.29) is 18.5 Å². The maximum Gasteiger partial charge on any atom is 0.313 e. The zero-order chi connectivity index (χ0) is 18.7. The molecule has 0 saturated heterocycles. The van der Waals surface area contributed by atoms with Crippen molar-refractivity contribution in [1.29, 1.82) is 0 Å². The second kappa shape index (κ2) is 8.09. The molecule has 2 aromatic carbocycles. The molecule has 2 N–H and O–H groups in total. The summed E-state index contributed by atoms with van der Waals surface area (Å²) in [6.45, 7) is 2.48. The second-order valence-electron chi connectivity index (χ2n) is 5.19. The summed E-state index contributed by atoms with van der Waals surface area (Å²) in [6, 6.07) is 7.71. The molecule has 3 rings (SSSR count). The van der Waals surface area contributed by atoms with Crippen molar-refractivity contribution >= 4 is 40.2 Å². The van der Waals surface area contributed by atoms with E-state index in [1.54, 1.807) is 12.1 Å². The summed E-state index contributed by atoms with van der Waals surface area (Å²) in [5.41, 5.74) is 6.81. The number of hydrogen-bond donors (Lipinski definition) is 1. The molecule has 0 saturated carbocycles. The average Bonchev–Trinajstić information content (AvgIpc) is 3.02. The van der Waals surface area contributed by atoms with Gasteiger partial charge in [0.15, 0.2) is 11.5 Å². The van der Waals surface area contributed by atoms with E-state index in [1.807, 2.05) is 13.0 Å². The Balaban J connectivity index is 1.90. The first-order chi connectivity index (χ1) is 12.5. The van der Waals surface area contributed by atoms with Crippen LogP contribution in [0.4, 0.5) is 10.4 Å². The van der Waals surface area contributed by atoms with Crippen LogP contribution in [0.2, 0.25) is 5.02 Å². The van der Waals surface area contributed by atoms with E-state index < -0.39 is 5.82 Å². The molecule has 0 radical (unpaired) electrons. The van der Waals surface area contributed by atoms with Crippen LogP contribution in [0.5, 0.6) is 11.5 Å². The van der Waals surface area contributed by atoms with Gasteiger partial charge in [0.2, 0.25) is 5.89 Å². The Hall–Kier alpha value is -2.07. The topological polar surface area (TPSA) is 83.4 Å². The van der Waals surface area contributed by atoms with Gasteiger partial charge in [0.1, 0.15) is 12.4 Å². The van der Waals surface area contributed by atoms with Crippen LogP contribution in [0.25, 0.3) is 11.5 Å². The molecule has 0 atom stereocenters. The number of halogens is 3. The van der Waals surface area contributed by atoms with Crippen molar-refractivity contribution in [2.24, 2.45) is 0 Å². The predicted octanol–water partition coefficient (Wildman–Crippen LogP) is 4.69. The smallest absolute Gasteiger partial charge is 0.313 e. The predicted molar refractivity (Wildman–Crippen MR) is 104 cm³/mol. The largest absolute Gasteiger partial charge is 0.490 e. The van der Waals surface area contributed by atoms with Crippen LogP contribution in [0.3, 0.4) is 0 Å². The fourth-order valence-electron chi connectivity index (χ4n) is 2.23. The van der Waals surface area contributed by atoms with Crippen molar-refractivity contribution in [2.75, 3.05) is 12.3 Å². The lowest BCUT2D eigenvalue weighted by atomic mass is 10.2. The Kier molecular flexibility index (Phi) is 5.82. The molecule has 0 bridgehead atoms. The number of nitrogens with two attached hydrogens (primary N) is 1. The van der Waals surface area contributed by atoms with Crippen molar-refractivity contribution in [3.63, 3.8) is 0 Å².